The second-order valence-corrected chi connectivity index (χ2v) is 8.93. The molecule has 11 heteroatoms. The third kappa shape index (κ3) is 5.72. The lowest BCUT2D eigenvalue weighted by molar-refractivity contribution is -0.122. The van der Waals surface area contributed by atoms with E-state index in [2.05, 4.69) is 5.32 Å². The zero-order valence-electron chi connectivity index (χ0n) is 19.2. The molecule has 0 aromatic heterocycles. The molecule has 1 aliphatic rings. The third-order valence-electron chi connectivity index (χ3n) is 5.20. The predicted octanol–water partition coefficient (Wildman–Crippen LogP) is 6.43. The minimum Gasteiger partial charge on any atom is -0.490 e. The Bertz CT molecular complexity index is 1440. The van der Waals surface area contributed by atoms with Gasteiger partial charge >= 0.3 is 6.03 Å². The minimum atomic E-state index is -1.06. The quantitative estimate of drug-likeness (QED) is 0.265. The van der Waals surface area contributed by atoms with Gasteiger partial charge in [0.15, 0.2) is 11.5 Å². The van der Waals surface area contributed by atoms with E-state index in [1.54, 1.807) is 25.1 Å². The Morgan fingerprint density at radius 2 is 1.70 bits per heavy atom. The van der Waals surface area contributed by atoms with Gasteiger partial charge in [-0.1, -0.05) is 53.0 Å². The predicted molar refractivity (Wildman–Crippen MR) is 139 cm³/mol. The Labute approximate surface area is 226 Å². The Kier molecular flexibility index (Phi) is 8.02. The molecule has 3 aromatic rings. The van der Waals surface area contributed by atoms with Crippen molar-refractivity contribution in [2.75, 3.05) is 11.5 Å². The lowest BCUT2D eigenvalue weighted by Crippen LogP contribution is -2.54. The van der Waals surface area contributed by atoms with Crippen LogP contribution in [0.4, 0.5) is 14.9 Å². The summed E-state index contributed by atoms with van der Waals surface area (Å²) in [6.45, 7) is 2.14. The van der Waals surface area contributed by atoms with Gasteiger partial charge in [0.25, 0.3) is 11.8 Å². The lowest BCUT2D eigenvalue weighted by Gasteiger charge is -2.26. The van der Waals surface area contributed by atoms with Crippen LogP contribution < -0.4 is 19.7 Å². The van der Waals surface area contributed by atoms with Gasteiger partial charge in [-0.3, -0.25) is 14.9 Å². The number of amides is 4. The molecule has 1 heterocycles. The van der Waals surface area contributed by atoms with E-state index in [0.29, 0.717) is 20.5 Å². The van der Waals surface area contributed by atoms with Crippen LogP contribution in [-0.4, -0.2) is 24.5 Å². The van der Waals surface area contributed by atoms with Gasteiger partial charge in [-0.15, -0.1) is 0 Å². The van der Waals surface area contributed by atoms with Gasteiger partial charge in [0, 0.05) is 0 Å². The molecule has 4 amide bonds. The van der Waals surface area contributed by atoms with Gasteiger partial charge < -0.3 is 9.47 Å². The second kappa shape index (κ2) is 11.2. The molecule has 3 aromatic carbocycles. The molecule has 37 heavy (non-hydrogen) atoms. The van der Waals surface area contributed by atoms with Crippen molar-refractivity contribution in [2.24, 2.45) is 0 Å². The maximum atomic E-state index is 14.3. The molecule has 1 fully saturated rings. The highest BCUT2D eigenvalue weighted by molar-refractivity contribution is 6.42. The monoisotopic (exact) mass is 562 g/mol. The molecule has 0 unspecified atom stereocenters. The Hall–Kier alpha value is -3.59. The van der Waals surface area contributed by atoms with E-state index in [4.69, 9.17) is 44.3 Å². The fraction of sp³-hybridized carbons (Fsp3) is 0.115. The van der Waals surface area contributed by atoms with Crippen molar-refractivity contribution in [3.8, 4) is 11.5 Å². The number of barbiturate groups is 1. The summed E-state index contributed by atoms with van der Waals surface area (Å²) in [5.41, 5.74) is 0.367. The van der Waals surface area contributed by atoms with Gasteiger partial charge in [0.1, 0.15) is 18.0 Å². The van der Waals surface area contributed by atoms with E-state index in [9.17, 15) is 18.8 Å². The molecule has 1 saturated heterocycles. The zero-order chi connectivity index (χ0) is 26.7. The van der Waals surface area contributed by atoms with Crippen LogP contribution in [0.1, 0.15) is 18.1 Å². The number of ether oxygens (including phenoxy) is 2. The van der Waals surface area contributed by atoms with Crippen molar-refractivity contribution >= 4 is 64.4 Å². The first-order valence-electron chi connectivity index (χ1n) is 10.9. The molecule has 190 valence electrons. The molecule has 1 N–H and O–H groups in total. The number of nitrogens with one attached hydrogen (secondary N) is 1. The van der Waals surface area contributed by atoms with Gasteiger partial charge in [-0.2, -0.15) is 0 Å². The summed E-state index contributed by atoms with van der Waals surface area (Å²) < 4.78 is 25.8. The van der Waals surface area contributed by atoms with E-state index in [1.165, 1.54) is 36.4 Å². The van der Waals surface area contributed by atoms with Gasteiger partial charge in [-0.05, 0) is 60.5 Å². The highest BCUT2D eigenvalue weighted by Crippen LogP contribution is 2.38. The fourth-order valence-corrected chi connectivity index (χ4v) is 4.13. The average molecular weight is 564 g/mol. The lowest BCUT2D eigenvalue weighted by atomic mass is 10.1. The Morgan fingerprint density at radius 1 is 0.946 bits per heavy atom. The molecule has 0 bridgehead atoms. The number of nitrogens with zero attached hydrogens (tertiary/aromatic N) is 1. The number of carbonyl (C=O) groups excluding carboxylic acids is 3. The SMILES string of the molecule is CCOc1cc(/C=C2/C(=O)NC(=O)N(c3ccccc3F)C2=O)cc(Cl)c1OCc1ccc(Cl)c(Cl)c1. The van der Waals surface area contributed by atoms with Crippen LogP contribution in [0, 0.1) is 5.82 Å². The maximum Gasteiger partial charge on any atom is 0.336 e. The number of carbonyl (C=O) groups is 3. The summed E-state index contributed by atoms with van der Waals surface area (Å²) >= 11 is 18.5. The first-order chi connectivity index (χ1) is 17.7. The molecule has 0 radical (unpaired) electrons. The number of urea groups is 1. The van der Waals surface area contributed by atoms with E-state index in [-0.39, 0.29) is 35.4 Å². The number of hydrogen-bond acceptors (Lipinski definition) is 5. The number of benzene rings is 3. The van der Waals surface area contributed by atoms with Crippen molar-refractivity contribution in [3.05, 3.63) is 92.2 Å². The number of para-hydroxylation sites is 1. The van der Waals surface area contributed by atoms with Gasteiger partial charge in [-0.25, -0.2) is 14.1 Å². The molecular weight excluding hydrogens is 546 g/mol. The first kappa shape index (κ1) is 26.5. The van der Waals surface area contributed by atoms with E-state index < -0.39 is 29.2 Å². The van der Waals surface area contributed by atoms with Crippen LogP contribution in [-0.2, 0) is 16.2 Å². The maximum absolute atomic E-state index is 14.3. The Balaban J connectivity index is 1.66. The number of rotatable bonds is 7. The molecule has 0 spiro atoms. The van der Waals surface area contributed by atoms with E-state index in [1.807, 2.05) is 0 Å². The van der Waals surface area contributed by atoms with Crippen LogP contribution in [0.15, 0.2) is 60.2 Å². The van der Waals surface area contributed by atoms with Crippen LogP contribution >= 0.6 is 34.8 Å². The molecule has 4 rings (SSSR count). The standard InChI is InChI=1S/C26H18Cl3FN2O5/c1-2-36-22-12-15(11-19(29)23(22)37-13-14-7-8-17(27)18(28)10-14)9-16-24(33)31-26(35)32(25(16)34)21-6-4-3-5-20(21)30/h3-12H,2,13H2,1H3,(H,31,33,35)/b16-9-. The normalized spacial score (nSPS) is 14.7. The van der Waals surface area contributed by atoms with E-state index in [0.717, 1.165) is 11.6 Å². The van der Waals surface area contributed by atoms with Crippen molar-refractivity contribution in [3.63, 3.8) is 0 Å². The smallest absolute Gasteiger partial charge is 0.336 e. The summed E-state index contributed by atoms with van der Waals surface area (Å²) in [5, 5.41) is 2.98. The molecule has 0 saturated carbocycles. The molecule has 1 aliphatic heterocycles. The zero-order valence-corrected chi connectivity index (χ0v) is 21.5. The number of halogens is 4. The largest absolute Gasteiger partial charge is 0.490 e. The number of hydrogen-bond donors (Lipinski definition) is 1. The molecule has 7 nitrogen and oxygen atoms in total. The van der Waals surface area contributed by atoms with E-state index >= 15 is 0 Å². The molecule has 0 aliphatic carbocycles. The van der Waals surface area contributed by atoms with Crippen molar-refractivity contribution in [2.45, 2.75) is 13.5 Å². The molecule has 0 atom stereocenters. The average Bonchev–Trinajstić information content (AvgIpc) is 2.84. The summed E-state index contributed by atoms with van der Waals surface area (Å²) in [6.07, 6.45) is 1.23. The third-order valence-corrected chi connectivity index (χ3v) is 6.22. The topological polar surface area (TPSA) is 84.9 Å². The fourth-order valence-electron chi connectivity index (χ4n) is 3.54. The van der Waals surface area contributed by atoms with Crippen molar-refractivity contribution < 1.29 is 28.2 Å². The number of imide groups is 2. The number of anilines is 1. The van der Waals surface area contributed by atoms with Crippen LogP contribution in [0.25, 0.3) is 6.08 Å². The summed E-state index contributed by atoms with van der Waals surface area (Å²) in [4.78, 5) is 38.5. The highest BCUT2D eigenvalue weighted by atomic mass is 35.5. The second-order valence-electron chi connectivity index (χ2n) is 7.71. The Morgan fingerprint density at radius 3 is 2.41 bits per heavy atom. The van der Waals surface area contributed by atoms with Crippen LogP contribution in [0.2, 0.25) is 15.1 Å². The molecular formula is C26H18Cl3FN2O5. The minimum absolute atomic E-state index is 0.109. The van der Waals surface area contributed by atoms with Crippen molar-refractivity contribution in [1.29, 1.82) is 0 Å². The van der Waals surface area contributed by atoms with Crippen molar-refractivity contribution in [1.82, 2.24) is 5.32 Å². The first-order valence-corrected chi connectivity index (χ1v) is 12.0. The van der Waals surface area contributed by atoms with Gasteiger partial charge in [0.2, 0.25) is 0 Å². The van der Waals surface area contributed by atoms with Crippen LogP contribution in [0.5, 0.6) is 11.5 Å². The summed E-state index contributed by atoms with van der Waals surface area (Å²) in [6, 6.07) is 12.2. The highest BCUT2D eigenvalue weighted by Gasteiger charge is 2.38. The summed E-state index contributed by atoms with van der Waals surface area (Å²) in [7, 11) is 0. The summed E-state index contributed by atoms with van der Waals surface area (Å²) in [5.74, 6) is -2.23. The van der Waals surface area contributed by atoms with Crippen LogP contribution in [0.3, 0.4) is 0 Å². The van der Waals surface area contributed by atoms with Gasteiger partial charge in [0.05, 0.1) is 27.4 Å².